The van der Waals surface area contributed by atoms with Gasteiger partial charge in [-0.05, 0) is 43.2 Å². The van der Waals surface area contributed by atoms with Crippen LogP contribution in [0.5, 0.6) is 0 Å². The molecular weight excluding hydrogens is 295 g/mol. The molecule has 4 nitrogen and oxygen atoms in total. The van der Waals surface area contributed by atoms with Crippen molar-refractivity contribution in [3.8, 4) is 0 Å². The summed E-state index contributed by atoms with van der Waals surface area (Å²) in [6, 6.07) is 9.01. The molecule has 2 rings (SSSR count). The molecule has 1 unspecified atom stereocenters. The maximum Gasteiger partial charge on any atom is 0.293 e. The van der Waals surface area contributed by atoms with Crippen molar-refractivity contribution in [2.45, 2.75) is 19.9 Å². The standard InChI is InChI=1S/C15H14ClFN2O2/c1-9-3-4-11(7-13(9)17)10(2)18-14-6-5-12(16)8-15(14)19(20)21/h3-8,10,18H,1-2H3. The van der Waals surface area contributed by atoms with Gasteiger partial charge in [0.1, 0.15) is 11.5 Å². The largest absolute Gasteiger partial charge is 0.373 e. The Morgan fingerprint density at radius 2 is 2.00 bits per heavy atom. The molecule has 0 heterocycles. The van der Waals surface area contributed by atoms with Crippen LogP contribution in [0.4, 0.5) is 15.8 Å². The van der Waals surface area contributed by atoms with Crippen molar-refractivity contribution in [3.63, 3.8) is 0 Å². The highest BCUT2D eigenvalue weighted by atomic mass is 35.5. The van der Waals surface area contributed by atoms with Gasteiger partial charge in [-0.25, -0.2) is 4.39 Å². The van der Waals surface area contributed by atoms with Crippen molar-refractivity contribution in [3.05, 3.63) is 68.5 Å². The summed E-state index contributed by atoms with van der Waals surface area (Å²) in [6.07, 6.45) is 0. The van der Waals surface area contributed by atoms with Gasteiger partial charge in [-0.15, -0.1) is 0 Å². The first kappa shape index (κ1) is 15.3. The lowest BCUT2D eigenvalue weighted by Crippen LogP contribution is -2.09. The summed E-state index contributed by atoms with van der Waals surface area (Å²) in [4.78, 5) is 10.5. The smallest absolute Gasteiger partial charge is 0.293 e. The third kappa shape index (κ3) is 3.49. The molecule has 0 saturated carbocycles. The second kappa shape index (κ2) is 6.10. The number of halogens is 2. The Morgan fingerprint density at radius 1 is 1.29 bits per heavy atom. The molecule has 0 aromatic heterocycles. The summed E-state index contributed by atoms with van der Waals surface area (Å²) in [5, 5.41) is 14.3. The van der Waals surface area contributed by atoms with Gasteiger partial charge in [-0.3, -0.25) is 10.1 Å². The van der Waals surface area contributed by atoms with E-state index in [2.05, 4.69) is 5.32 Å². The number of nitrogens with one attached hydrogen (secondary N) is 1. The first-order valence-electron chi connectivity index (χ1n) is 6.35. The van der Waals surface area contributed by atoms with Crippen LogP contribution >= 0.6 is 11.6 Å². The number of benzene rings is 2. The van der Waals surface area contributed by atoms with Gasteiger partial charge in [-0.2, -0.15) is 0 Å². The third-order valence-electron chi connectivity index (χ3n) is 3.22. The second-order valence-electron chi connectivity index (χ2n) is 4.79. The number of nitro groups is 1. The minimum Gasteiger partial charge on any atom is -0.373 e. The summed E-state index contributed by atoms with van der Waals surface area (Å²) >= 11 is 5.77. The molecule has 0 aliphatic heterocycles. The number of nitro benzene ring substituents is 1. The van der Waals surface area contributed by atoms with Gasteiger partial charge in [0.05, 0.1) is 4.92 Å². The van der Waals surface area contributed by atoms with E-state index >= 15 is 0 Å². The SMILES string of the molecule is Cc1ccc(C(C)Nc2ccc(Cl)cc2[N+](=O)[O-])cc1F. The molecule has 2 aromatic carbocycles. The highest BCUT2D eigenvalue weighted by molar-refractivity contribution is 6.30. The van der Waals surface area contributed by atoms with E-state index in [1.165, 1.54) is 12.1 Å². The van der Waals surface area contributed by atoms with E-state index in [0.717, 1.165) is 0 Å². The molecule has 0 saturated heterocycles. The molecule has 1 atom stereocenters. The highest BCUT2D eigenvalue weighted by Gasteiger charge is 2.17. The van der Waals surface area contributed by atoms with Crippen molar-refractivity contribution in [2.24, 2.45) is 0 Å². The lowest BCUT2D eigenvalue weighted by Gasteiger charge is -2.16. The molecule has 0 fully saturated rings. The Kier molecular flexibility index (Phi) is 4.43. The predicted octanol–water partition coefficient (Wildman–Crippen LogP) is 4.87. The average molecular weight is 309 g/mol. The fourth-order valence-electron chi connectivity index (χ4n) is 1.97. The average Bonchev–Trinajstić information content (AvgIpc) is 2.43. The van der Waals surface area contributed by atoms with Crippen molar-refractivity contribution in [2.75, 3.05) is 5.32 Å². The van der Waals surface area contributed by atoms with E-state index in [1.807, 2.05) is 6.92 Å². The third-order valence-corrected chi connectivity index (χ3v) is 3.46. The molecule has 0 amide bonds. The molecule has 0 spiro atoms. The van der Waals surface area contributed by atoms with Crippen molar-refractivity contribution >= 4 is 23.0 Å². The van der Waals surface area contributed by atoms with Crippen LogP contribution in [0.15, 0.2) is 36.4 Å². The molecule has 0 bridgehead atoms. The van der Waals surface area contributed by atoms with Crippen LogP contribution in [0.2, 0.25) is 5.02 Å². The van der Waals surface area contributed by atoms with Crippen LogP contribution in [0.1, 0.15) is 24.1 Å². The summed E-state index contributed by atoms with van der Waals surface area (Å²) < 4.78 is 13.6. The zero-order chi connectivity index (χ0) is 15.6. The van der Waals surface area contributed by atoms with E-state index < -0.39 is 4.92 Å². The molecule has 6 heteroatoms. The van der Waals surface area contributed by atoms with Gasteiger partial charge in [0, 0.05) is 17.1 Å². The van der Waals surface area contributed by atoms with E-state index in [1.54, 1.807) is 31.2 Å². The zero-order valence-corrected chi connectivity index (χ0v) is 12.3. The van der Waals surface area contributed by atoms with E-state index in [4.69, 9.17) is 11.6 Å². The molecule has 0 aliphatic rings. The van der Waals surface area contributed by atoms with Gasteiger partial charge in [0.25, 0.3) is 5.69 Å². The number of hydrogen-bond acceptors (Lipinski definition) is 3. The molecule has 1 N–H and O–H groups in total. The van der Waals surface area contributed by atoms with Crippen LogP contribution < -0.4 is 5.32 Å². The number of nitrogens with zero attached hydrogens (tertiary/aromatic N) is 1. The zero-order valence-electron chi connectivity index (χ0n) is 11.6. The Bertz CT molecular complexity index is 691. The van der Waals surface area contributed by atoms with Crippen molar-refractivity contribution < 1.29 is 9.31 Å². The Hall–Kier alpha value is -2.14. The monoisotopic (exact) mass is 308 g/mol. The van der Waals surface area contributed by atoms with Crippen LogP contribution in [-0.2, 0) is 0 Å². The van der Waals surface area contributed by atoms with Crippen LogP contribution in [-0.4, -0.2) is 4.92 Å². The molecule has 0 radical (unpaired) electrons. The quantitative estimate of drug-likeness (QED) is 0.647. The van der Waals surface area contributed by atoms with Gasteiger partial charge in [0.2, 0.25) is 0 Å². The number of aryl methyl sites for hydroxylation is 1. The summed E-state index contributed by atoms with van der Waals surface area (Å²) in [5.41, 5.74) is 1.51. The number of rotatable bonds is 4. The maximum absolute atomic E-state index is 13.6. The first-order chi connectivity index (χ1) is 9.88. The fourth-order valence-corrected chi connectivity index (χ4v) is 2.14. The fraction of sp³-hybridized carbons (Fsp3) is 0.200. The van der Waals surface area contributed by atoms with Gasteiger partial charge in [-0.1, -0.05) is 23.7 Å². The van der Waals surface area contributed by atoms with E-state index in [-0.39, 0.29) is 17.5 Å². The minimum atomic E-state index is -0.503. The molecule has 2 aromatic rings. The van der Waals surface area contributed by atoms with Crippen LogP contribution in [0.25, 0.3) is 0 Å². The summed E-state index contributed by atoms with van der Waals surface area (Å²) in [5.74, 6) is -0.299. The van der Waals surface area contributed by atoms with Crippen molar-refractivity contribution in [1.82, 2.24) is 0 Å². The van der Waals surface area contributed by atoms with Gasteiger partial charge < -0.3 is 5.32 Å². The Balaban J connectivity index is 2.29. The normalized spacial score (nSPS) is 12.0. The van der Waals surface area contributed by atoms with Gasteiger partial charge in [0.15, 0.2) is 0 Å². The summed E-state index contributed by atoms with van der Waals surface area (Å²) in [7, 11) is 0. The number of hydrogen-bond donors (Lipinski definition) is 1. The maximum atomic E-state index is 13.6. The lowest BCUT2D eigenvalue weighted by molar-refractivity contribution is -0.384. The second-order valence-corrected chi connectivity index (χ2v) is 5.23. The van der Waals surface area contributed by atoms with E-state index in [9.17, 15) is 14.5 Å². The lowest BCUT2D eigenvalue weighted by atomic mass is 10.1. The predicted molar refractivity (Wildman–Crippen MR) is 81.3 cm³/mol. The van der Waals surface area contributed by atoms with Gasteiger partial charge >= 0.3 is 0 Å². The highest BCUT2D eigenvalue weighted by Crippen LogP contribution is 2.31. The molecular formula is C15H14ClFN2O2. The van der Waals surface area contributed by atoms with Crippen molar-refractivity contribution in [1.29, 1.82) is 0 Å². The topological polar surface area (TPSA) is 55.2 Å². The number of anilines is 1. The minimum absolute atomic E-state index is 0.109. The van der Waals surface area contributed by atoms with Crippen LogP contribution in [0, 0.1) is 22.9 Å². The summed E-state index contributed by atoms with van der Waals surface area (Å²) in [6.45, 7) is 3.49. The Labute approximate surface area is 126 Å². The first-order valence-corrected chi connectivity index (χ1v) is 6.73. The Morgan fingerprint density at radius 3 is 2.62 bits per heavy atom. The molecule has 0 aliphatic carbocycles. The van der Waals surface area contributed by atoms with Crippen LogP contribution in [0.3, 0.4) is 0 Å². The molecule has 110 valence electrons. The van der Waals surface area contributed by atoms with E-state index in [0.29, 0.717) is 21.8 Å². The molecule has 21 heavy (non-hydrogen) atoms.